The van der Waals surface area contributed by atoms with Crippen molar-refractivity contribution in [2.75, 3.05) is 0 Å². The summed E-state index contributed by atoms with van der Waals surface area (Å²) in [7, 11) is 0. The lowest BCUT2D eigenvalue weighted by Crippen LogP contribution is -2.03. The minimum Gasteiger partial charge on any atom is -0.476 e. The monoisotopic (exact) mass is 297 g/mol. The Kier molecular flexibility index (Phi) is 3.42. The summed E-state index contributed by atoms with van der Waals surface area (Å²) in [5.74, 6) is -1.52. The Balaban J connectivity index is 2.21. The molecule has 0 unspecified atom stereocenters. The third-order valence-corrected chi connectivity index (χ3v) is 3.29. The van der Waals surface area contributed by atoms with Gasteiger partial charge >= 0.3 is 5.97 Å². The van der Waals surface area contributed by atoms with Gasteiger partial charge in [-0.25, -0.2) is 13.9 Å². The van der Waals surface area contributed by atoms with Gasteiger partial charge in [-0.1, -0.05) is 6.07 Å². The predicted octanol–water partition coefficient (Wildman–Crippen LogP) is 3.08. The lowest BCUT2D eigenvalue weighted by molar-refractivity contribution is 0.0690. The van der Waals surface area contributed by atoms with E-state index in [4.69, 9.17) is 5.11 Å². The number of carboxylic acid groups (broad SMARTS) is 1. The van der Waals surface area contributed by atoms with Gasteiger partial charge in [0.15, 0.2) is 5.69 Å². The van der Waals surface area contributed by atoms with Crippen molar-refractivity contribution in [3.05, 3.63) is 65.9 Å². The number of pyridine rings is 1. The van der Waals surface area contributed by atoms with Crippen LogP contribution in [0.5, 0.6) is 0 Å². The number of hydrogen-bond acceptors (Lipinski definition) is 3. The number of nitrogens with zero attached hydrogens (tertiary/aromatic N) is 3. The highest BCUT2D eigenvalue weighted by Crippen LogP contribution is 2.24. The number of aromatic carboxylic acids is 1. The van der Waals surface area contributed by atoms with Gasteiger partial charge in [-0.2, -0.15) is 5.10 Å². The molecule has 0 fully saturated rings. The molecule has 3 rings (SSSR count). The third kappa shape index (κ3) is 2.46. The second-order valence-electron chi connectivity index (χ2n) is 4.81. The number of carbonyl (C=O) groups is 1. The molecule has 0 radical (unpaired) electrons. The van der Waals surface area contributed by atoms with Gasteiger partial charge in [0, 0.05) is 18.0 Å². The second kappa shape index (κ2) is 5.40. The van der Waals surface area contributed by atoms with Crippen molar-refractivity contribution in [1.82, 2.24) is 14.8 Å². The summed E-state index contributed by atoms with van der Waals surface area (Å²) < 4.78 is 15.2. The van der Waals surface area contributed by atoms with E-state index in [1.165, 1.54) is 16.8 Å². The lowest BCUT2D eigenvalue weighted by atomic mass is 10.1. The Hall–Kier alpha value is -3.02. The van der Waals surface area contributed by atoms with Crippen LogP contribution in [0.2, 0.25) is 0 Å². The van der Waals surface area contributed by atoms with Crippen molar-refractivity contribution >= 4 is 5.97 Å². The van der Waals surface area contributed by atoms with Gasteiger partial charge in [0.1, 0.15) is 5.82 Å². The molecule has 2 aromatic heterocycles. The Morgan fingerprint density at radius 1 is 1.27 bits per heavy atom. The highest BCUT2D eigenvalue weighted by atomic mass is 19.1. The number of aromatic nitrogens is 3. The number of hydrogen-bond donors (Lipinski definition) is 1. The van der Waals surface area contributed by atoms with E-state index in [-0.39, 0.29) is 11.5 Å². The maximum atomic E-state index is 13.8. The Morgan fingerprint density at radius 3 is 2.73 bits per heavy atom. The van der Waals surface area contributed by atoms with E-state index in [2.05, 4.69) is 10.1 Å². The van der Waals surface area contributed by atoms with Crippen LogP contribution in [0.1, 0.15) is 16.1 Å². The summed E-state index contributed by atoms with van der Waals surface area (Å²) in [5, 5.41) is 13.2. The van der Waals surface area contributed by atoms with E-state index in [0.29, 0.717) is 22.5 Å². The molecule has 0 aliphatic heterocycles. The minimum absolute atomic E-state index is 0.111. The molecule has 0 saturated heterocycles. The smallest absolute Gasteiger partial charge is 0.356 e. The standard InChI is InChI=1S/C16H12FN3O2/c1-10-4-5-12(7-13(10)17)20-15(8-14(19-20)16(21)22)11-3-2-6-18-9-11/h2-9H,1H3,(H,21,22). The molecule has 1 N–H and O–H groups in total. The predicted molar refractivity (Wildman–Crippen MR) is 78.4 cm³/mol. The minimum atomic E-state index is -1.14. The molecule has 0 amide bonds. The maximum absolute atomic E-state index is 13.8. The first-order valence-corrected chi connectivity index (χ1v) is 6.56. The first-order valence-electron chi connectivity index (χ1n) is 6.56. The lowest BCUT2D eigenvalue weighted by Gasteiger charge is -2.08. The van der Waals surface area contributed by atoms with E-state index in [1.807, 2.05) is 0 Å². The Morgan fingerprint density at radius 2 is 2.09 bits per heavy atom. The summed E-state index contributed by atoms with van der Waals surface area (Å²) in [5.41, 5.74) is 2.09. The van der Waals surface area contributed by atoms with Gasteiger partial charge in [-0.05, 0) is 42.8 Å². The molecular formula is C16H12FN3O2. The second-order valence-corrected chi connectivity index (χ2v) is 4.81. The number of halogens is 1. The summed E-state index contributed by atoms with van der Waals surface area (Å²) in [6, 6.07) is 9.61. The number of benzene rings is 1. The van der Waals surface area contributed by atoms with Crippen LogP contribution in [-0.2, 0) is 0 Å². The fraction of sp³-hybridized carbons (Fsp3) is 0.0625. The van der Waals surface area contributed by atoms with Crippen LogP contribution < -0.4 is 0 Å². The fourth-order valence-corrected chi connectivity index (χ4v) is 2.12. The highest BCUT2D eigenvalue weighted by Gasteiger charge is 2.16. The zero-order valence-electron chi connectivity index (χ0n) is 11.7. The number of rotatable bonds is 3. The molecule has 0 atom stereocenters. The molecule has 5 nitrogen and oxygen atoms in total. The largest absolute Gasteiger partial charge is 0.476 e. The van der Waals surface area contributed by atoms with Gasteiger partial charge in [0.05, 0.1) is 11.4 Å². The molecule has 22 heavy (non-hydrogen) atoms. The van der Waals surface area contributed by atoms with Gasteiger partial charge in [-0.3, -0.25) is 4.98 Å². The number of aryl methyl sites for hydroxylation is 1. The fourth-order valence-electron chi connectivity index (χ4n) is 2.12. The van der Waals surface area contributed by atoms with Crippen molar-refractivity contribution in [2.45, 2.75) is 6.92 Å². The average Bonchev–Trinajstić information content (AvgIpc) is 2.96. The van der Waals surface area contributed by atoms with E-state index in [0.717, 1.165) is 0 Å². The Labute approximate surface area is 125 Å². The first kappa shape index (κ1) is 13.9. The quantitative estimate of drug-likeness (QED) is 0.806. The van der Waals surface area contributed by atoms with Crippen molar-refractivity contribution in [2.24, 2.45) is 0 Å². The summed E-state index contributed by atoms with van der Waals surface area (Å²) in [6.45, 7) is 1.66. The molecule has 0 saturated carbocycles. The molecule has 110 valence electrons. The topological polar surface area (TPSA) is 68.0 Å². The van der Waals surface area contributed by atoms with Crippen molar-refractivity contribution in [1.29, 1.82) is 0 Å². The van der Waals surface area contributed by atoms with Crippen LogP contribution in [0.25, 0.3) is 16.9 Å². The third-order valence-electron chi connectivity index (χ3n) is 3.29. The molecular weight excluding hydrogens is 285 g/mol. The van der Waals surface area contributed by atoms with Gasteiger partial charge in [0.25, 0.3) is 0 Å². The van der Waals surface area contributed by atoms with Crippen LogP contribution in [-0.4, -0.2) is 25.8 Å². The van der Waals surface area contributed by atoms with Crippen LogP contribution in [0.15, 0.2) is 48.8 Å². The summed E-state index contributed by atoms with van der Waals surface area (Å²) in [4.78, 5) is 15.2. The normalized spacial score (nSPS) is 10.6. The van der Waals surface area contributed by atoms with E-state index >= 15 is 0 Å². The SMILES string of the molecule is Cc1ccc(-n2nc(C(=O)O)cc2-c2cccnc2)cc1F. The molecule has 0 bridgehead atoms. The van der Waals surface area contributed by atoms with Crippen LogP contribution >= 0.6 is 0 Å². The van der Waals surface area contributed by atoms with Crippen molar-refractivity contribution < 1.29 is 14.3 Å². The van der Waals surface area contributed by atoms with E-state index in [1.54, 1.807) is 43.6 Å². The van der Waals surface area contributed by atoms with Crippen molar-refractivity contribution in [3.8, 4) is 16.9 Å². The molecule has 6 heteroatoms. The Bertz CT molecular complexity index is 844. The van der Waals surface area contributed by atoms with Crippen LogP contribution in [0, 0.1) is 12.7 Å². The first-order chi connectivity index (χ1) is 10.6. The summed E-state index contributed by atoms with van der Waals surface area (Å²) >= 11 is 0. The molecule has 3 aromatic rings. The zero-order valence-corrected chi connectivity index (χ0v) is 11.7. The average molecular weight is 297 g/mol. The van der Waals surface area contributed by atoms with E-state index < -0.39 is 5.97 Å². The van der Waals surface area contributed by atoms with Gasteiger partial charge in [0.2, 0.25) is 0 Å². The van der Waals surface area contributed by atoms with Crippen LogP contribution in [0.4, 0.5) is 4.39 Å². The highest BCUT2D eigenvalue weighted by molar-refractivity contribution is 5.87. The van der Waals surface area contributed by atoms with E-state index in [9.17, 15) is 9.18 Å². The molecule has 0 aliphatic carbocycles. The summed E-state index contributed by atoms with van der Waals surface area (Å²) in [6.07, 6.45) is 3.22. The zero-order chi connectivity index (χ0) is 15.7. The number of carboxylic acids is 1. The van der Waals surface area contributed by atoms with Crippen molar-refractivity contribution in [3.63, 3.8) is 0 Å². The van der Waals surface area contributed by atoms with Gasteiger partial charge in [-0.15, -0.1) is 0 Å². The van der Waals surface area contributed by atoms with Crippen LogP contribution in [0.3, 0.4) is 0 Å². The maximum Gasteiger partial charge on any atom is 0.356 e. The molecule has 0 spiro atoms. The molecule has 0 aliphatic rings. The molecule has 2 heterocycles. The van der Waals surface area contributed by atoms with Gasteiger partial charge < -0.3 is 5.11 Å². The molecule has 1 aromatic carbocycles.